The first kappa shape index (κ1) is 20.3. The Morgan fingerprint density at radius 1 is 1.00 bits per heavy atom. The van der Waals surface area contributed by atoms with Crippen LogP contribution in [0, 0.1) is 20.8 Å². The van der Waals surface area contributed by atoms with Gasteiger partial charge in [-0.1, -0.05) is 24.3 Å². The third-order valence-corrected chi connectivity index (χ3v) is 4.32. The molecule has 29 heavy (non-hydrogen) atoms. The molecule has 0 amide bonds. The maximum Gasteiger partial charge on any atom is 0.416 e. The van der Waals surface area contributed by atoms with Crippen molar-refractivity contribution < 1.29 is 22.7 Å². The number of esters is 1. The lowest BCUT2D eigenvalue weighted by Gasteiger charge is -2.14. The molecule has 0 saturated carbocycles. The molecule has 0 aliphatic heterocycles. The first-order valence-electron chi connectivity index (χ1n) is 8.65. The number of nitrogens with zero attached hydrogens (tertiary/aromatic N) is 2. The third-order valence-electron chi connectivity index (χ3n) is 4.32. The minimum atomic E-state index is -4.53. The van der Waals surface area contributed by atoms with Gasteiger partial charge in [-0.3, -0.25) is 4.79 Å². The van der Waals surface area contributed by atoms with E-state index in [1.807, 2.05) is 0 Å². The summed E-state index contributed by atoms with van der Waals surface area (Å²) in [6, 6.07) is 10.9. The van der Waals surface area contributed by atoms with Gasteiger partial charge in [-0.2, -0.15) is 18.3 Å². The molecule has 0 atom stereocenters. The minimum Gasteiger partial charge on any atom is -0.421 e. The molecule has 1 aromatic heterocycles. The Bertz CT molecular complexity index is 1130. The molecule has 0 fully saturated rings. The standard InChI is InChI=1S/C21H17F3N2O3/c1-12-6-4-7-13(2)19(12)29-20(28)18-17(27)10-14(3)26(25-18)16-9-5-8-15(11-16)21(22,23)24/h4-11H,1-3H3. The first-order valence-corrected chi connectivity index (χ1v) is 8.65. The summed E-state index contributed by atoms with van der Waals surface area (Å²) in [4.78, 5) is 24.9. The summed E-state index contributed by atoms with van der Waals surface area (Å²) in [7, 11) is 0. The van der Waals surface area contributed by atoms with Gasteiger partial charge >= 0.3 is 12.1 Å². The number of alkyl halides is 3. The van der Waals surface area contributed by atoms with Gasteiger partial charge in [-0.25, -0.2) is 9.48 Å². The van der Waals surface area contributed by atoms with Crippen LogP contribution in [0.25, 0.3) is 5.69 Å². The number of hydrogen-bond donors (Lipinski definition) is 0. The van der Waals surface area contributed by atoms with Crippen LogP contribution in [0.5, 0.6) is 5.75 Å². The molecule has 0 aliphatic rings. The highest BCUT2D eigenvalue weighted by Crippen LogP contribution is 2.30. The Labute approximate surface area is 164 Å². The van der Waals surface area contributed by atoms with E-state index in [1.54, 1.807) is 32.0 Å². The quantitative estimate of drug-likeness (QED) is 0.481. The summed E-state index contributed by atoms with van der Waals surface area (Å²) in [5.74, 6) is -0.669. The monoisotopic (exact) mass is 402 g/mol. The van der Waals surface area contributed by atoms with Gasteiger partial charge in [-0.15, -0.1) is 0 Å². The number of ether oxygens (including phenoxy) is 1. The Morgan fingerprint density at radius 2 is 1.62 bits per heavy atom. The fourth-order valence-electron chi connectivity index (χ4n) is 2.87. The van der Waals surface area contributed by atoms with Crippen LogP contribution in [0.4, 0.5) is 13.2 Å². The number of hydrogen-bond acceptors (Lipinski definition) is 4. The molecule has 5 nitrogen and oxygen atoms in total. The van der Waals surface area contributed by atoms with Gasteiger partial charge in [0.1, 0.15) is 5.75 Å². The molecule has 0 spiro atoms. The van der Waals surface area contributed by atoms with Crippen molar-refractivity contribution in [3.05, 3.63) is 86.8 Å². The summed E-state index contributed by atoms with van der Waals surface area (Å²) in [5, 5.41) is 3.98. The maximum absolute atomic E-state index is 13.0. The van der Waals surface area contributed by atoms with E-state index in [2.05, 4.69) is 5.10 Å². The number of rotatable bonds is 3. The summed E-state index contributed by atoms with van der Waals surface area (Å²) in [6.45, 7) is 5.01. The molecule has 1 heterocycles. The molecular formula is C21H17F3N2O3. The molecule has 8 heteroatoms. The van der Waals surface area contributed by atoms with Crippen LogP contribution >= 0.6 is 0 Å². The van der Waals surface area contributed by atoms with Crippen molar-refractivity contribution in [1.29, 1.82) is 0 Å². The number of para-hydroxylation sites is 1. The SMILES string of the molecule is Cc1cccc(C)c1OC(=O)c1nn(-c2cccc(C(F)(F)F)c2)c(C)cc1=O. The van der Waals surface area contributed by atoms with Gasteiger partial charge in [-0.05, 0) is 50.1 Å². The number of carbonyl (C=O) groups excluding carboxylic acids is 1. The summed E-state index contributed by atoms with van der Waals surface area (Å²) in [6.07, 6.45) is -4.53. The first-order chi connectivity index (χ1) is 13.6. The lowest BCUT2D eigenvalue weighted by molar-refractivity contribution is -0.137. The summed E-state index contributed by atoms with van der Waals surface area (Å²) >= 11 is 0. The molecule has 3 aromatic rings. The topological polar surface area (TPSA) is 61.2 Å². The van der Waals surface area contributed by atoms with E-state index in [0.29, 0.717) is 16.9 Å². The number of aryl methyl sites for hydroxylation is 3. The molecule has 3 rings (SSSR count). The second kappa shape index (κ2) is 7.54. The fourth-order valence-corrected chi connectivity index (χ4v) is 2.87. The van der Waals surface area contributed by atoms with Crippen molar-refractivity contribution in [2.24, 2.45) is 0 Å². The normalized spacial score (nSPS) is 11.4. The number of carbonyl (C=O) groups is 1. The van der Waals surface area contributed by atoms with Crippen LogP contribution in [0.1, 0.15) is 32.9 Å². The zero-order valence-corrected chi connectivity index (χ0v) is 15.9. The van der Waals surface area contributed by atoms with Gasteiger partial charge in [0, 0.05) is 11.8 Å². The number of halogens is 3. The molecule has 0 aliphatic carbocycles. The van der Waals surface area contributed by atoms with E-state index in [1.165, 1.54) is 19.1 Å². The highest BCUT2D eigenvalue weighted by Gasteiger charge is 2.30. The molecule has 0 radical (unpaired) electrons. The van der Waals surface area contributed by atoms with Crippen LogP contribution in [0.2, 0.25) is 0 Å². The maximum atomic E-state index is 13.0. The van der Waals surface area contributed by atoms with E-state index in [4.69, 9.17) is 4.74 Å². The van der Waals surface area contributed by atoms with E-state index >= 15 is 0 Å². The summed E-state index contributed by atoms with van der Waals surface area (Å²) < 4.78 is 45.5. The van der Waals surface area contributed by atoms with E-state index in [0.717, 1.165) is 22.9 Å². The van der Waals surface area contributed by atoms with Crippen LogP contribution in [0.3, 0.4) is 0 Å². The van der Waals surface area contributed by atoms with Crippen LogP contribution < -0.4 is 10.2 Å². The smallest absolute Gasteiger partial charge is 0.416 e. The van der Waals surface area contributed by atoms with Crippen LogP contribution in [-0.2, 0) is 6.18 Å². The zero-order valence-electron chi connectivity index (χ0n) is 15.9. The minimum absolute atomic E-state index is 0.0680. The summed E-state index contributed by atoms with van der Waals surface area (Å²) in [5.41, 5.74) is -0.323. The van der Waals surface area contributed by atoms with E-state index < -0.39 is 28.8 Å². The molecule has 150 valence electrons. The van der Waals surface area contributed by atoms with Crippen LogP contribution in [0.15, 0.2) is 53.3 Å². The lowest BCUT2D eigenvalue weighted by atomic mass is 10.1. The molecule has 0 bridgehead atoms. The highest BCUT2D eigenvalue weighted by atomic mass is 19.4. The average Bonchev–Trinajstić information content (AvgIpc) is 2.64. The predicted octanol–water partition coefficient (Wildman–Crippen LogP) is 4.40. The van der Waals surface area contributed by atoms with Gasteiger partial charge in [0.05, 0.1) is 11.3 Å². The van der Waals surface area contributed by atoms with Crippen molar-refractivity contribution in [3.63, 3.8) is 0 Å². The van der Waals surface area contributed by atoms with Gasteiger partial charge < -0.3 is 4.74 Å². The third kappa shape index (κ3) is 4.21. The van der Waals surface area contributed by atoms with Gasteiger partial charge in [0.15, 0.2) is 0 Å². The Hall–Kier alpha value is -3.42. The van der Waals surface area contributed by atoms with Crippen molar-refractivity contribution in [1.82, 2.24) is 9.78 Å². The highest BCUT2D eigenvalue weighted by molar-refractivity contribution is 5.89. The number of aromatic nitrogens is 2. The van der Waals surface area contributed by atoms with E-state index in [-0.39, 0.29) is 11.4 Å². The lowest BCUT2D eigenvalue weighted by Crippen LogP contribution is -2.26. The molecule has 0 N–H and O–H groups in total. The number of benzene rings is 2. The van der Waals surface area contributed by atoms with Crippen LogP contribution in [-0.4, -0.2) is 15.7 Å². The molecule has 0 saturated heterocycles. The second-order valence-electron chi connectivity index (χ2n) is 6.57. The van der Waals surface area contributed by atoms with Crippen molar-refractivity contribution >= 4 is 5.97 Å². The largest absolute Gasteiger partial charge is 0.421 e. The van der Waals surface area contributed by atoms with Crippen molar-refractivity contribution in [2.45, 2.75) is 26.9 Å². The Balaban J connectivity index is 2.05. The Kier molecular flexibility index (Phi) is 5.28. The zero-order chi connectivity index (χ0) is 21.3. The van der Waals surface area contributed by atoms with Gasteiger partial charge in [0.25, 0.3) is 0 Å². The Morgan fingerprint density at radius 3 is 2.24 bits per heavy atom. The van der Waals surface area contributed by atoms with Gasteiger partial charge in [0.2, 0.25) is 11.1 Å². The average molecular weight is 402 g/mol. The fraction of sp³-hybridized carbons (Fsp3) is 0.190. The van der Waals surface area contributed by atoms with Crippen molar-refractivity contribution in [3.8, 4) is 11.4 Å². The van der Waals surface area contributed by atoms with Crippen molar-refractivity contribution in [2.75, 3.05) is 0 Å². The molecule has 0 unspecified atom stereocenters. The molecule has 2 aromatic carbocycles. The second-order valence-corrected chi connectivity index (χ2v) is 6.57. The molecular weight excluding hydrogens is 385 g/mol. The van der Waals surface area contributed by atoms with E-state index in [9.17, 15) is 22.8 Å². The predicted molar refractivity (Wildman–Crippen MR) is 100 cm³/mol.